The van der Waals surface area contributed by atoms with Crippen molar-refractivity contribution >= 4 is 11.7 Å². The van der Waals surface area contributed by atoms with Crippen LogP contribution in [0.3, 0.4) is 0 Å². The Kier molecular flexibility index (Phi) is 7.69. The zero-order valence-corrected chi connectivity index (χ0v) is 25.3. The van der Waals surface area contributed by atoms with Crippen LogP contribution < -0.4 is 9.64 Å². The smallest absolute Gasteiger partial charge is 0.222 e. The highest BCUT2D eigenvalue weighted by atomic mass is 16.5. The van der Waals surface area contributed by atoms with Crippen molar-refractivity contribution in [3.8, 4) is 5.75 Å². The maximum Gasteiger partial charge on any atom is 0.222 e. The van der Waals surface area contributed by atoms with E-state index in [1.165, 1.54) is 32.1 Å². The van der Waals surface area contributed by atoms with Crippen molar-refractivity contribution in [1.82, 2.24) is 9.88 Å². The molecular weight excluding hydrogens is 498 g/mol. The second-order valence-electron chi connectivity index (χ2n) is 14.3. The van der Waals surface area contributed by atoms with Gasteiger partial charge in [-0.05, 0) is 104 Å². The minimum absolute atomic E-state index is 0.127. The van der Waals surface area contributed by atoms with Crippen molar-refractivity contribution in [2.24, 2.45) is 40.4 Å². The third-order valence-corrected chi connectivity index (χ3v) is 12.6. The highest BCUT2D eigenvalue weighted by Gasteiger charge is 2.59. The molecule has 5 aliphatic rings. The monoisotopic (exact) mass is 549 g/mol. The van der Waals surface area contributed by atoms with E-state index in [9.17, 15) is 9.90 Å². The molecule has 0 spiro atoms. The summed E-state index contributed by atoms with van der Waals surface area (Å²) < 4.78 is 5.35. The van der Waals surface area contributed by atoms with E-state index >= 15 is 0 Å². The van der Waals surface area contributed by atoms with Gasteiger partial charge in [-0.1, -0.05) is 32.4 Å². The number of aliphatic hydroxyl groups excluding tert-OH is 1. The molecule has 0 radical (unpaired) electrons. The lowest BCUT2D eigenvalue weighted by molar-refractivity contribution is -0.132. The number of hydrogen-bond donors (Lipinski definition) is 1. The van der Waals surface area contributed by atoms with Gasteiger partial charge in [0.1, 0.15) is 11.6 Å². The molecule has 1 saturated heterocycles. The molecule has 0 aromatic carbocycles. The van der Waals surface area contributed by atoms with Crippen molar-refractivity contribution in [1.29, 1.82) is 0 Å². The summed E-state index contributed by atoms with van der Waals surface area (Å²) in [4.78, 5) is 22.1. The van der Waals surface area contributed by atoms with E-state index in [4.69, 9.17) is 4.74 Å². The topological polar surface area (TPSA) is 65.9 Å². The van der Waals surface area contributed by atoms with E-state index in [1.54, 1.807) is 18.9 Å². The molecule has 3 saturated carbocycles. The lowest BCUT2D eigenvalue weighted by Gasteiger charge is -2.58. The number of allylic oxidation sites excluding steroid dienone is 1. The van der Waals surface area contributed by atoms with E-state index < -0.39 is 0 Å². The third kappa shape index (κ3) is 4.86. The van der Waals surface area contributed by atoms with E-state index in [0.29, 0.717) is 29.1 Å². The van der Waals surface area contributed by atoms with Crippen LogP contribution in [-0.2, 0) is 4.79 Å². The number of methoxy groups -OCH3 is 1. The number of aromatic nitrogens is 1. The van der Waals surface area contributed by atoms with Crippen molar-refractivity contribution in [2.75, 3.05) is 38.2 Å². The van der Waals surface area contributed by atoms with Gasteiger partial charge in [0.2, 0.25) is 5.91 Å². The Balaban J connectivity index is 1.03. The largest absolute Gasteiger partial charge is 0.497 e. The van der Waals surface area contributed by atoms with Gasteiger partial charge < -0.3 is 19.6 Å². The average Bonchev–Trinajstić information content (AvgIpc) is 3.33. The van der Waals surface area contributed by atoms with Gasteiger partial charge in [-0.15, -0.1) is 0 Å². The quantitative estimate of drug-likeness (QED) is 0.435. The minimum atomic E-state index is -0.127. The Morgan fingerprint density at radius 1 is 1.12 bits per heavy atom. The highest BCUT2D eigenvalue weighted by molar-refractivity contribution is 5.76. The fourth-order valence-corrected chi connectivity index (χ4v) is 10.2. The lowest BCUT2D eigenvalue weighted by atomic mass is 9.47. The number of pyridine rings is 1. The maximum atomic E-state index is 13.3. The van der Waals surface area contributed by atoms with Crippen molar-refractivity contribution in [3.05, 3.63) is 30.0 Å². The van der Waals surface area contributed by atoms with Gasteiger partial charge in [-0.25, -0.2) is 4.98 Å². The van der Waals surface area contributed by atoms with Crippen molar-refractivity contribution in [2.45, 2.75) is 91.1 Å². The number of carbonyl (C=O) groups is 1. The van der Waals surface area contributed by atoms with E-state index in [-0.39, 0.29) is 6.10 Å². The number of anilines is 1. The summed E-state index contributed by atoms with van der Waals surface area (Å²) in [5.41, 5.74) is 2.29. The number of aliphatic hydroxyl groups is 1. The fourth-order valence-electron chi connectivity index (χ4n) is 10.2. The molecule has 220 valence electrons. The Bertz CT molecular complexity index is 1110. The molecule has 4 fully saturated rings. The Morgan fingerprint density at radius 3 is 2.70 bits per heavy atom. The molecule has 0 bridgehead atoms. The first-order valence-corrected chi connectivity index (χ1v) is 16.1. The lowest BCUT2D eigenvalue weighted by Crippen LogP contribution is -2.51. The molecule has 6 nitrogen and oxygen atoms in total. The summed E-state index contributed by atoms with van der Waals surface area (Å²) in [6.45, 7) is 10.8. The number of fused-ring (bicyclic) bond motifs is 5. The van der Waals surface area contributed by atoms with Crippen LogP contribution in [0.2, 0.25) is 0 Å². The SMILES string of the molecule is COc1ccnc(N2CCN(C(=O)CC[C@@H](C)[C@H]3CC[C@H]4[C@@H]5CC=C6C[C@@H](O)CC[C@]6(C)[C@H]5CC[C@]34C)CC2)c1. The van der Waals surface area contributed by atoms with Gasteiger partial charge in [0.05, 0.1) is 13.2 Å². The first-order valence-electron chi connectivity index (χ1n) is 16.1. The second-order valence-corrected chi connectivity index (χ2v) is 14.3. The predicted molar refractivity (Wildman–Crippen MR) is 159 cm³/mol. The number of piperazine rings is 1. The number of hydrogen-bond acceptors (Lipinski definition) is 5. The van der Waals surface area contributed by atoms with Crippen molar-refractivity contribution < 1.29 is 14.6 Å². The van der Waals surface area contributed by atoms with Crippen LogP contribution in [0.1, 0.15) is 85.0 Å². The summed E-state index contributed by atoms with van der Waals surface area (Å²) in [5.74, 6) is 5.80. The molecule has 6 heteroatoms. The van der Waals surface area contributed by atoms with Crippen LogP contribution in [0.5, 0.6) is 5.75 Å². The summed E-state index contributed by atoms with van der Waals surface area (Å²) in [6, 6.07) is 3.85. The molecule has 1 aliphatic heterocycles. The summed E-state index contributed by atoms with van der Waals surface area (Å²) >= 11 is 0. The third-order valence-electron chi connectivity index (χ3n) is 12.6. The Morgan fingerprint density at radius 2 is 1.93 bits per heavy atom. The molecule has 1 amide bonds. The molecule has 1 aromatic heterocycles. The number of rotatable bonds is 6. The molecule has 0 unspecified atom stereocenters. The van der Waals surface area contributed by atoms with Crippen LogP contribution in [-0.4, -0.2) is 60.3 Å². The summed E-state index contributed by atoms with van der Waals surface area (Å²) in [5, 5.41) is 10.3. The highest BCUT2D eigenvalue weighted by Crippen LogP contribution is 2.67. The second kappa shape index (κ2) is 11.0. The zero-order chi connectivity index (χ0) is 28.1. The first kappa shape index (κ1) is 28.1. The van der Waals surface area contributed by atoms with Gasteiger partial charge >= 0.3 is 0 Å². The molecule has 4 aliphatic carbocycles. The number of amides is 1. The van der Waals surface area contributed by atoms with Gasteiger partial charge in [-0.3, -0.25) is 4.79 Å². The van der Waals surface area contributed by atoms with Crippen LogP contribution in [0.15, 0.2) is 30.0 Å². The summed E-state index contributed by atoms with van der Waals surface area (Å²) in [6.07, 6.45) is 15.5. The fraction of sp³-hybridized carbons (Fsp3) is 0.765. The van der Waals surface area contributed by atoms with Crippen LogP contribution in [0.4, 0.5) is 5.82 Å². The van der Waals surface area contributed by atoms with E-state index in [0.717, 1.165) is 87.1 Å². The number of carbonyl (C=O) groups excluding carboxylic acids is 1. The normalized spacial score (nSPS) is 38.1. The molecule has 2 heterocycles. The van der Waals surface area contributed by atoms with Crippen LogP contribution >= 0.6 is 0 Å². The number of nitrogens with zero attached hydrogens (tertiary/aromatic N) is 3. The Hall–Kier alpha value is -2.08. The molecular formula is C34H51N3O3. The standard InChI is InChI=1S/C34H51N3O3/c1-23(5-10-32(39)37-19-17-36(18-20-37)31-22-26(40-4)13-16-35-31)28-8-9-29-27-7-6-24-21-25(38)11-14-33(24,2)30(27)12-15-34(28,29)3/h6,13,16,22-23,25,27-30,38H,5,7-12,14-15,17-21H2,1-4H3/t23-,25+,27+,28-,29+,30+,33+,34-/m1/s1. The number of ether oxygens (including phenoxy) is 1. The van der Waals surface area contributed by atoms with Gasteiger partial charge in [0.15, 0.2) is 0 Å². The predicted octanol–water partition coefficient (Wildman–Crippen LogP) is 6.10. The first-order chi connectivity index (χ1) is 19.2. The zero-order valence-electron chi connectivity index (χ0n) is 25.3. The molecule has 1 N–H and O–H groups in total. The molecule has 8 atom stereocenters. The van der Waals surface area contributed by atoms with E-state index in [2.05, 4.69) is 41.6 Å². The molecule has 1 aromatic rings. The van der Waals surface area contributed by atoms with Gasteiger partial charge in [0.25, 0.3) is 0 Å². The van der Waals surface area contributed by atoms with Gasteiger partial charge in [-0.2, -0.15) is 0 Å². The molecule has 40 heavy (non-hydrogen) atoms. The maximum absolute atomic E-state index is 13.3. The minimum Gasteiger partial charge on any atom is -0.497 e. The van der Waals surface area contributed by atoms with Crippen molar-refractivity contribution in [3.63, 3.8) is 0 Å². The average molecular weight is 550 g/mol. The van der Waals surface area contributed by atoms with Crippen LogP contribution in [0.25, 0.3) is 0 Å². The van der Waals surface area contributed by atoms with Gasteiger partial charge in [0, 0.05) is 44.9 Å². The molecule has 6 rings (SSSR count). The Labute approximate surface area is 241 Å². The van der Waals surface area contributed by atoms with E-state index in [1.807, 2.05) is 12.1 Å². The van der Waals surface area contributed by atoms with Crippen LogP contribution in [0, 0.1) is 40.4 Å². The summed E-state index contributed by atoms with van der Waals surface area (Å²) in [7, 11) is 1.68.